The quantitative estimate of drug-likeness (QED) is 0.316. The van der Waals surface area contributed by atoms with Crippen molar-refractivity contribution in [3.05, 3.63) is 108 Å². The van der Waals surface area contributed by atoms with Crippen LogP contribution >= 0.6 is 0 Å². The lowest BCUT2D eigenvalue weighted by atomic mass is 9.79. The topological polar surface area (TPSA) is 49.0 Å². The number of benzene rings is 3. The van der Waals surface area contributed by atoms with Gasteiger partial charge in [0, 0.05) is 19.3 Å². The summed E-state index contributed by atoms with van der Waals surface area (Å²) in [5, 5.41) is 3.72. The normalized spacial score (nSPS) is 17.4. The van der Waals surface area contributed by atoms with Crippen LogP contribution in [0.15, 0.2) is 91.0 Å². The van der Waals surface area contributed by atoms with E-state index in [-0.39, 0.29) is 12.1 Å². The van der Waals surface area contributed by atoms with Gasteiger partial charge in [0.25, 0.3) is 0 Å². The van der Waals surface area contributed by atoms with Crippen LogP contribution in [0.25, 0.3) is 0 Å². The summed E-state index contributed by atoms with van der Waals surface area (Å²) in [6, 6.07) is 31.0. The molecule has 0 spiro atoms. The van der Waals surface area contributed by atoms with Crippen molar-refractivity contribution in [3.8, 4) is 0 Å². The van der Waals surface area contributed by atoms with Crippen LogP contribution in [0, 0.1) is 0 Å². The summed E-state index contributed by atoms with van der Waals surface area (Å²) in [5.41, 5.74) is 2.32. The summed E-state index contributed by atoms with van der Waals surface area (Å²) in [7, 11) is -3.65. The van der Waals surface area contributed by atoms with Gasteiger partial charge in [-0.1, -0.05) is 91.0 Å². The first kappa shape index (κ1) is 25.8. The molecule has 2 atom stereocenters. The van der Waals surface area contributed by atoms with E-state index >= 15 is 0 Å². The van der Waals surface area contributed by atoms with Gasteiger partial charge < -0.3 is 23.0 Å². The zero-order chi connectivity index (χ0) is 24.6. The Hall–Kier alpha value is -2.32. The average molecular weight is 492 g/mol. The molecule has 1 fully saturated rings. The van der Waals surface area contributed by atoms with Gasteiger partial charge in [0.05, 0.1) is 6.10 Å². The number of rotatable bonds is 12. The molecule has 0 radical (unpaired) electrons. The van der Waals surface area contributed by atoms with Gasteiger partial charge in [-0.3, -0.25) is 0 Å². The SMILES string of the molecule is CCO[Si](OCC)(O[C@H](C)c1ccccc1)OC(c1ccccc1)(c1ccccc1)[C@@H]1CCCN1. The molecular weight excluding hydrogens is 454 g/mol. The second kappa shape index (κ2) is 12.1. The van der Waals surface area contributed by atoms with E-state index in [1.807, 2.05) is 51.1 Å². The fourth-order valence-corrected chi connectivity index (χ4v) is 7.35. The van der Waals surface area contributed by atoms with Crippen molar-refractivity contribution < 1.29 is 17.7 Å². The average Bonchev–Trinajstić information content (AvgIpc) is 3.45. The van der Waals surface area contributed by atoms with Crippen LogP contribution in [0.3, 0.4) is 0 Å². The minimum atomic E-state index is -3.65. The smallest absolute Gasteiger partial charge is 0.351 e. The Morgan fingerprint density at radius 3 is 1.80 bits per heavy atom. The van der Waals surface area contributed by atoms with E-state index in [1.165, 1.54) is 0 Å². The Labute approximate surface area is 210 Å². The number of nitrogens with one attached hydrogen (secondary N) is 1. The van der Waals surface area contributed by atoms with Crippen LogP contribution in [-0.2, 0) is 23.3 Å². The molecule has 1 N–H and O–H groups in total. The predicted molar refractivity (Wildman–Crippen MR) is 141 cm³/mol. The molecule has 6 heteroatoms. The van der Waals surface area contributed by atoms with Gasteiger partial charge in [-0.05, 0) is 56.8 Å². The van der Waals surface area contributed by atoms with Crippen molar-refractivity contribution in [2.24, 2.45) is 0 Å². The summed E-state index contributed by atoms with van der Waals surface area (Å²) in [5.74, 6) is 0. The van der Waals surface area contributed by atoms with Gasteiger partial charge in [-0.2, -0.15) is 0 Å². The highest BCUT2D eigenvalue weighted by atomic mass is 28.4. The molecule has 3 aromatic carbocycles. The van der Waals surface area contributed by atoms with Crippen LogP contribution in [0.5, 0.6) is 0 Å². The zero-order valence-electron chi connectivity index (χ0n) is 21.0. The molecule has 3 aromatic rings. The molecular formula is C29H37NO4Si. The number of hydrogen-bond acceptors (Lipinski definition) is 5. The molecule has 1 heterocycles. The molecule has 0 aromatic heterocycles. The molecule has 35 heavy (non-hydrogen) atoms. The van der Waals surface area contributed by atoms with Crippen molar-refractivity contribution in [1.29, 1.82) is 0 Å². The van der Waals surface area contributed by atoms with Crippen LogP contribution in [0.1, 0.15) is 56.4 Å². The molecule has 4 rings (SSSR count). The lowest BCUT2D eigenvalue weighted by Crippen LogP contribution is -2.60. The van der Waals surface area contributed by atoms with E-state index in [9.17, 15) is 0 Å². The summed E-state index contributed by atoms with van der Waals surface area (Å²) in [6.07, 6.45) is 1.79. The van der Waals surface area contributed by atoms with Gasteiger partial charge in [-0.15, -0.1) is 0 Å². The van der Waals surface area contributed by atoms with Gasteiger partial charge >= 0.3 is 9.05 Å². The Balaban J connectivity index is 1.85. The maximum atomic E-state index is 7.26. The molecule has 0 amide bonds. The second-order valence-corrected chi connectivity index (χ2v) is 10.8. The first-order chi connectivity index (χ1) is 17.1. The number of hydrogen-bond donors (Lipinski definition) is 1. The molecule has 186 valence electrons. The monoisotopic (exact) mass is 491 g/mol. The van der Waals surface area contributed by atoms with Crippen LogP contribution in [-0.4, -0.2) is 34.8 Å². The largest absolute Gasteiger partial charge is 0.681 e. The van der Waals surface area contributed by atoms with E-state index in [0.717, 1.165) is 36.1 Å². The third-order valence-corrected chi connectivity index (χ3v) is 8.97. The molecule has 0 bridgehead atoms. The Kier molecular flexibility index (Phi) is 8.89. The molecule has 0 aliphatic carbocycles. The van der Waals surface area contributed by atoms with Crippen molar-refractivity contribution in [2.75, 3.05) is 19.8 Å². The van der Waals surface area contributed by atoms with E-state index in [1.54, 1.807) is 0 Å². The van der Waals surface area contributed by atoms with Crippen molar-refractivity contribution in [1.82, 2.24) is 5.32 Å². The Morgan fingerprint density at radius 2 is 1.34 bits per heavy atom. The van der Waals surface area contributed by atoms with Gasteiger partial charge in [0.2, 0.25) is 0 Å². The first-order valence-corrected chi connectivity index (χ1v) is 14.3. The summed E-state index contributed by atoms with van der Waals surface area (Å²) in [6.45, 7) is 7.73. The minimum absolute atomic E-state index is 0.0377. The fraction of sp³-hybridized carbons (Fsp3) is 0.379. The maximum absolute atomic E-state index is 7.26. The summed E-state index contributed by atoms with van der Waals surface area (Å²) < 4.78 is 26.7. The summed E-state index contributed by atoms with van der Waals surface area (Å²) >= 11 is 0. The van der Waals surface area contributed by atoms with Crippen molar-refractivity contribution in [3.63, 3.8) is 0 Å². The van der Waals surface area contributed by atoms with E-state index in [4.69, 9.17) is 17.7 Å². The highest BCUT2D eigenvalue weighted by Crippen LogP contribution is 2.43. The predicted octanol–water partition coefficient (Wildman–Crippen LogP) is 5.99. The van der Waals surface area contributed by atoms with Gasteiger partial charge in [0.15, 0.2) is 0 Å². The third-order valence-electron chi connectivity index (χ3n) is 6.47. The standard InChI is InChI=1S/C29H37NO4Si/c1-4-31-35(32-5-2,33-24(3)25-16-9-6-10-17-25)34-29(28-22-15-23-30-28,26-18-11-7-12-19-26)27-20-13-8-14-21-27/h6-14,16-21,24,28,30H,4-5,15,22-23H2,1-3H3/t24-,28+/m1/s1. The zero-order valence-corrected chi connectivity index (χ0v) is 22.0. The molecule has 5 nitrogen and oxygen atoms in total. The maximum Gasteiger partial charge on any atom is 0.681 e. The van der Waals surface area contributed by atoms with E-state index in [0.29, 0.717) is 13.2 Å². The van der Waals surface area contributed by atoms with Gasteiger partial charge in [-0.25, -0.2) is 0 Å². The second-order valence-electron chi connectivity index (χ2n) is 8.76. The van der Waals surface area contributed by atoms with E-state index < -0.39 is 14.6 Å². The van der Waals surface area contributed by atoms with Crippen LogP contribution < -0.4 is 5.32 Å². The van der Waals surface area contributed by atoms with Crippen LogP contribution in [0.2, 0.25) is 0 Å². The van der Waals surface area contributed by atoms with E-state index in [2.05, 4.69) is 66.0 Å². The summed E-state index contributed by atoms with van der Waals surface area (Å²) in [4.78, 5) is 0. The molecule has 1 saturated heterocycles. The first-order valence-electron chi connectivity index (χ1n) is 12.7. The molecule has 1 aliphatic heterocycles. The highest BCUT2D eigenvalue weighted by molar-refractivity contribution is 6.53. The van der Waals surface area contributed by atoms with Crippen LogP contribution in [0.4, 0.5) is 0 Å². The fourth-order valence-electron chi connectivity index (χ4n) is 4.91. The van der Waals surface area contributed by atoms with Gasteiger partial charge in [0.1, 0.15) is 5.60 Å². The lowest BCUT2D eigenvalue weighted by molar-refractivity contribution is -0.103. The molecule has 1 aliphatic rings. The third kappa shape index (κ3) is 5.75. The minimum Gasteiger partial charge on any atom is -0.351 e. The Morgan fingerprint density at radius 1 is 0.829 bits per heavy atom. The molecule has 0 unspecified atom stereocenters. The Bertz CT molecular complexity index is 967. The highest BCUT2D eigenvalue weighted by Gasteiger charge is 2.57. The van der Waals surface area contributed by atoms with Crippen molar-refractivity contribution in [2.45, 2.75) is 51.4 Å². The molecule has 0 saturated carbocycles. The lowest BCUT2D eigenvalue weighted by Gasteiger charge is -2.45. The van der Waals surface area contributed by atoms with Crippen molar-refractivity contribution >= 4 is 9.05 Å².